The average Bonchev–Trinajstić information content (AvgIpc) is 3.16. The maximum Gasteiger partial charge on any atom is 0.276 e. The maximum absolute atomic E-state index is 12.2. The summed E-state index contributed by atoms with van der Waals surface area (Å²) in [6.45, 7) is 1.97. The highest BCUT2D eigenvalue weighted by Gasteiger charge is 2.26. The first kappa shape index (κ1) is 12.7. The Balaban J connectivity index is 1.79. The number of anilines is 1. The zero-order chi connectivity index (χ0) is 14.1. The van der Waals surface area contributed by atoms with Crippen LogP contribution in [-0.4, -0.2) is 23.2 Å². The van der Waals surface area contributed by atoms with Gasteiger partial charge in [0.05, 0.1) is 12.8 Å². The van der Waals surface area contributed by atoms with Crippen LogP contribution in [0.4, 0.5) is 5.69 Å². The van der Waals surface area contributed by atoms with Gasteiger partial charge in [-0.15, -0.1) is 0 Å². The van der Waals surface area contributed by atoms with E-state index in [9.17, 15) is 4.79 Å². The molecule has 0 atom stereocenters. The Morgan fingerprint density at radius 3 is 2.90 bits per heavy atom. The molecule has 0 radical (unpaired) electrons. The summed E-state index contributed by atoms with van der Waals surface area (Å²) in [6, 6.07) is 7.49. The molecule has 1 saturated carbocycles. The van der Waals surface area contributed by atoms with Crippen molar-refractivity contribution in [2.75, 3.05) is 12.4 Å². The van der Waals surface area contributed by atoms with Gasteiger partial charge in [0, 0.05) is 11.6 Å². The summed E-state index contributed by atoms with van der Waals surface area (Å²) in [5.74, 6) is 0.969. The van der Waals surface area contributed by atoms with Gasteiger partial charge in [0.1, 0.15) is 5.75 Å². The summed E-state index contributed by atoms with van der Waals surface area (Å²) in [5.41, 5.74) is 3.18. The van der Waals surface area contributed by atoms with Crippen molar-refractivity contribution in [2.24, 2.45) is 0 Å². The molecular formula is C15H17N3O2. The molecule has 3 rings (SSSR count). The average molecular weight is 271 g/mol. The molecule has 2 N–H and O–H groups in total. The number of carbonyl (C=O) groups is 1. The van der Waals surface area contributed by atoms with Crippen LogP contribution in [-0.2, 0) is 0 Å². The van der Waals surface area contributed by atoms with Crippen LogP contribution in [0.2, 0.25) is 0 Å². The van der Waals surface area contributed by atoms with E-state index in [0.29, 0.717) is 23.0 Å². The fourth-order valence-electron chi connectivity index (χ4n) is 2.16. The van der Waals surface area contributed by atoms with E-state index >= 15 is 0 Å². The van der Waals surface area contributed by atoms with Gasteiger partial charge in [-0.3, -0.25) is 9.89 Å². The predicted molar refractivity (Wildman–Crippen MR) is 76.2 cm³/mol. The zero-order valence-corrected chi connectivity index (χ0v) is 11.6. The van der Waals surface area contributed by atoms with E-state index in [1.807, 2.05) is 31.2 Å². The number of nitrogens with one attached hydrogen (secondary N) is 2. The highest BCUT2D eigenvalue weighted by atomic mass is 16.5. The molecule has 1 heterocycles. The van der Waals surface area contributed by atoms with E-state index in [1.54, 1.807) is 7.11 Å². The van der Waals surface area contributed by atoms with Crippen LogP contribution in [0.15, 0.2) is 24.3 Å². The number of aromatic nitrogens is 2. The standard InChI is InChI=1S/C15H17N3O2/c1-9-3-6-14(20-2)12(7-9)16-15(19)13-8-11(17-18-13)10-4-5-10/h3,6-8,10H,4-5H2,1-2H3,(H,16,19)(H,17,18). The molecule has 0 spiro atoms. The number of nitrogens with zero attached hydrogens (tertiary/aromatic N) is 1. The second-order valence-electron chi connectivity index (χ2n) is 5.14. The lowest BCUT2D eigenvalue weighted by Crippen LogP contribution is -2.13. The molecule has 20 heavy (non-hydrogen) atoms. The number of hydrogen-bond acceptors (Lipinski definition) is 3. The van der Waals surface area contributed by atoms with Gasteiger partial charge in [0.2, 0.25) is 0 Å². The summed E-state index contributed by atoms with van der Waals surface area (Å²) in [5, 5.41) is 9.85. The van der Waals surface area contributed by atoms with Gasteiger partial charge in [-0.1, -0.05) is 6.07 Å². The number of aromatic amines is 1. The minimum absolute atomic E-state index is 0.225. The first-order valence-electron chi connectivity index (χ1n) is 6.68. The lowest BCUT2D eigenvalue weighted by molar-refractivity contribution is 0.102. The summed E-state index contributed by atoms with van der Waals surface area (Å²) in [6.07, 6.45) is 2.35. The molecule has 1 amide bonds. The van der Waals surface area contributed by atoms with Gasteiger partial charge in [-0.05, 0) is 43.5 Å². The van der Waals surface area contributed by atoms with E-state index in [1.165, 1.54) is 12.8 Å². The van der Waals surface area contributed by atoms with E-state index < -0.39 is 0 Å². The number of amides is 1. The van der Waals surface area contributed by atoms with Crippen LogP contribution in [0.3, 0.4) is 0 Å². The number of hydrogen-bond donors (Lipinski definition) is 2. The van der Waals surface area contributed by atoms with Gasteiger partial charge in [0.25, 0.3) is 5.91 Å². The van der Waals surface area contributed by atoms with Gasteiger partial charge >= 0.3 is 0 Å². The number of benzene rings is 1. The Morgan fingerprint density at radius 2 is 2.20 bits per heavy atom. The third-order valence-corrected chi connectivity index (χ3v) is 3.45. The minimum Gasteiger partial charge on any atom is -0.495 e. The fraction of sp³-hybridized carbons (Fsp3) is 0.333. The van der Waals surface area contributed by atoms with Crippen molar-refractivity contribution in [3.05, 3.63) is 41.2 Å². The number of aryl methyl sites for hydroxylation is 1. The highest BCUT2D eigenvalue weighted by molar-refractivity contribution is 6.03. The third-order valence-electron chi connectivity index (χ3n) is 3.45. The van der Waals surface area contributed by atoms with Crippen LogP contribution in [0, 0.1) is 6.92 Å². The SMILES string of the molecule is COc1ccc(C)cc1NC(=O)c1cc(C2CC2)[nH]n1. The van der Waals surface area contributed by atoms with Crippen molar-refractivity contribution < 1.29 is 9.53 Å². The van der Waals surface area contributed by atoms with Gasteiger partial charge in [-0.2, -0.15) is 5.10 Å². The molecule has 0 bridgehead atoms. The first-order chi connectivity index (χ1) is 9.67. The molecule has 1 aromatic heterocycles. The van der Waals surface area contributed by atoms with Crippen molar-refractivity contribution >= 4 is 11.6 Å². The molecule has 104 valence electrons. The quantitative estimate of drug-likeness (QED) is 0.898. The molecule has 0 unspecified atom stereocenters. The monoisotopic (exact) mass is 271 g/mol. The van der Waals surface area contributed by atoms with Crippen molar-refractivity contribution in [1.29, 1.82) is 0 Å². The summed E-state index contributed by atoms with van der Waals surface area (Å²) < 4.78 is 5.25. The van der Waals surface area contributed by atoms with Crippen LogP contribution in [0.25, 0.3) is 0 Å². The molecule has 1 aliphatic rings. The Labute approximate surface area is 117 Å². The van der Waals surface area contributed by atoms with E-state index in [0.717, 1.165) is 11.3 Å². The topological polar surface area (TPSA) is 67.0 Å². The fourth-order valence-corrected chi connectivity index (χ4v) is 2.16. The molecule has 5 nitrogen and oxygen atoms in total. The summed E-state index contributed by atoms with van der Waals surface area (Å²) in [7, 11) is 1.58. The summed E-state index contributed by atoms with van der Waals surface area (Å²) >= 11 is 0. The molecule has 0 saturated heterocycles. The Hall–Kier alpha value is -2.30. The van der Waals surface area contributed by atoms with Gasteiger partial charge < -0.3 is 10.1 Å². The lowest BCUT2D eigenvalue weighted by atomic mass is 10.2. The lowest BCUT2D eigenvalue weighted by Gasteiger charge is -2.09. The van der Waals surface area contributed by atoms with Crippen molar-refractivity contribution in [3.63, 3.8) is 0 Å². The third kappa shape index (κ3) is 2.52. The second-order valence-corrected chi connectivity index (χ2v) is 5.14. The molecule has 1 aliphatic carbocycles. The number of ether oxygens (including phenoxy) is 1. The van der Waals surface area contributed by atoms with E-state index in [2.05, 4.69) is 15.5 Å². The van der Waals surface area contributed by atoms with Crippen LogP contribution in [0.1, 0.15) is 40.5 Å². The second kappa shape index (κ2) is 5.00. The first-order valence-corrected chi connectivity index (χ1v) is 6.68. The van der Waals surface area contributed by atoms with Crippen molar-refractivity contribution in [3.8, 4) is 5.75 Å². The van der Waals surface area contributed by atoms with Crippen molar-refractivity contribution in [2.45, 2.75) is 25.7 Å². The highest BCUT2D eigenvalue weighted by Crippen LogP contribution is 2.39. The normalized spacial score (nSPS) is 14.1. The van der Waals surface area contributed by atoms with Crippen molar-refractivity contribution in [1.82, 2.24) is 10.2 Å². The number of carbonyl (C=O) groups excluding carboxylic acids is 1. The molecule has 0 aliphatic heterocycles. The largest absolute Gasteiger partial charge is 0.495 e. The Morgan fingerprint density at radius 1 is 1.40 bits per heavy atom. The molecule has 1 aromatic carbocycles. The van der Waals surface area contributed by atoms with E-state index in [-0.39, 0.29) is 5.91 Å². The number of methoxy groups -OCH3 is 1. The molecular weight excluding hydrogens is 254 g/mol. The number of H-pyrrole nitrogens is 1. The molecule has 5 heteroatoms. The summed E-state index contributed by atoms with van der Waals surface area (Å²) in [4.78, 5) is 12.2. The van der Waals surface area contributed by atoms with Crippen LogP contribution < -0.4 is 10.1 Å². The predicted octanol–water partition coefficient (Wildman–Crippen LogP) is 2.86. The Bertz CT molecular complexity index is 644. The molecule has 2 aromatic rings. The minimum atomic E-state index is -0.225. The molecule has 1 fully saturated rings. The Kier molecular flexibility index (Phi) is 3.18. The zero-order valence-electron chi connectivity index (χ0n) is 11.6. The van der Waals surface area contributed by atoms with E-state index in [4.69, 9.17) is 4.74 Å². The van der Waals surface area contributed by atoms with Crippen LogP contribution in [0.5, 0.6) is 5.75 Å². The van der Waals surface area contributed by atoms with Gasteiger partial charge in [-0.25, -0.2) is 0 Å². The number of rotatable bonds is 4. The maximum atomic E-state index is 12.2. The van der Waals surface area contributed by atoms with Crippen LogP contribution >= 0.6 is 0 Å². The smallest absolute Gasteiger partial charge is 0.276 e. The van der Waals surface area contributed by atoms with Gasteiger partial charge in [0.15, 0.2) is 5.69 Å².